The molecule has 0 bridgehead atoms. The van der Waals surface area contributed by atoms with E-state index in [0.29, 0.717) is 23.6 Å². The number of nitrogens with one attached hydrogen (secondary N) is 1. The number of carbonyl (C=O) groups excluding carboxylic acids is 1. The fourth-order valence-corrected chi connectivity index (χ4v) is 1.51. The van der Waals surface area contributed by atoms with Crippen LogP contribution in [0, 0.1) is 5.92 Å². The number of anilines is 1. The highest BCUT2D eigenvalue weighted by Crippen LogP contribution is 2.17. The van der Waals surface area contributed by atoms with E-state index in [0.717, 1.165) is 19.4 Å². The second kappa shape index (κ2) is 6.43. The van der Waals surface area contributed by atoms with Crippen molar-refractivity contribution < 1.29 is 4.79 Å². The number of hydrogen-bond donors (Lipinski definition) is 1. The van der Waals surface area contributed by atoms with Gasteiger partial charge in [0.05, 0.1) is 5.56 Å². The van der Waals surface area contributed by atoms with Crippen molar-refractivity contribution in [3.8, 4) is 0 Å². The van der Waals surface area contributed by atoms with Gasteiger partial charge < -0.3 is 5.32 Å². The molecular formula is C11H16ClN3O. The van der Waals surface area contributed by atoms with Gasteiger partial charge in [-0.1, -0.05) is 25.4 Å². The lowest BCUT2D eigenvalue weighted by Crippen LogP contribution is -2.08. The van der Waals surface area contributed by atoms with E-state index in [4.69, 9.17) is 11.6 Å². The maximum absolute atomic E-state index is 10.8. The zero-order chi connectivity index (χ0) is 12.0. The Balaban J connectivity index is 2.53. The van der Waals surface area contributed by atoms with Crippen molar-refractivity contribution in [1.82, 2.24) is 9.97 Å². The molecule has 1 heterocycles. The summed E-state index contributed by atoms with van der Waals surface area (Å²) in [6.45, 7) is 5.14. The highest BCUT2D eigenvalue weighted by molar-refractivity contribution is 6.32. The maximum atomic E-state index is 10.8. The predicted octanol–water partition coefficient (Wildman–Crippen LogP) is 2.79. The number of carbonyl (C=O) groups is 1. The van der Waals surface area contributed by atoms with Crippen molar-refractivity contribution in [1.29, 1.82) is 0 Å². The third kappa shape index (κ3) is 3.77. The van der Waals surface area contributed by atoms with Gasteiger partial charge in [-0.15, -0.1) is 0 Å². The predicted molar refractivity (Wildman–Crippen MR) is 65.0 cm³/mol. The zero-order valence-electron chi connectivity index (χ0n) is 9.53. The minimum atomic E-state index is 0.191. The van der Waals surface area contributed by atoms with Crippen LogP contribution in [0.3, 0.4) is 0 Å². The molecule has 0 amide bonds. The van der Waals surface area contributed by atoms with Crippen LogP contribution >= 0.6 is 11.6 Å². The van der Waals surface area contributed by atoms with Gasteiger partial charge >= 0.3 is 0 Å². The van der Waals surface area contributed by atoms with Gasteiger partial charge in [-0.25, -0.2) is 9.97 Å². The lowest BCUT2D eigenvalue weighted by molar-refractivity contribution is 0.112. The van der Waals surface area contributed by atoms with E-state index in [-0.39, 0.29) is 5.15 Å². The number of hydrogen-bond acceptors (Lipinski definition) is 4. The molecule has 1 N–H and O–H groups in total. The van der Waals surface area contributed by atoms with E-state index in [9.17, 15) is 4.79 Å². The van der Waals surface area contributed by atoms with Crippen molar-refractivity contribution in [2.75, 3.05) is 11.9 Å². The second-order valence-electron chi connectivity index (χ2n) is 4.01. The van der Waals surface area contributed by atoms with Gasteiger partial charge in [0.15, 0.2) is 6.29 Å². The summed E-state index contributed by atoms with van der Waals surface area (Å²) in [5.41, 5.74) is 0.328. The van der Waals surface area contributed by atoms with Crippen LogP contribution in [0.4, 0.5) is 5.82 Å². The van der Waals surface area contributed by atoms with Crippen LogP contribution < -0.4 is 5.32 Å². The molecule has 0 fully saturated rings. The summed E-state index contributed by atoms with van der Waals surface area (Å²) >= 11 is 5.77. The molecule has 1 aromatic heterocycles. The van der Waals surface area contributed by atoms with Crippen molar-refractivity contribution in [2.45, 2.75) is 26.7 Å². The second-order valence-corrected chi connectivity index (χ2v) is 4.37. The van der Waals surface area contributed by atoms with Gasteiger partial charge in [0.25, 0.3) is 0 Å². The molecule has 1 rings (SSSR count). The van der Waals surface area contributed by atoms with Crippen LogP contribution in [0.15, 0.2) is 6.33 Å². The Kier molecular flexibility index (Phi) is 5.19. The van der Waals surface area contributed by atoms with E-state index in [2.05, 4.69) is 29.1 Å². The number of nitrogens with zero attached hydrogens (tertiary/aromatic N) is 2. The molecule has 0 unspecified atom stereocenters. The quantitative estimate of drug-likeness (QED) is 0.473. The first kappa shape index (κ1) is 12.9. The molecule has 0 saturated heterocycles. The van der Waals surface area contributed by atoms with Crippen molar-refractivity contribution in [2.24, 2.45) is 5.92 Å². The third-order valence-corrected chi connectivity index (χ3v) is 2.51. The van der Waals surface area contributed by atoms with E-state index >= 15 is 0 Å². The van der Waals surface area contributed by atoms with E-state index in [1.54, 1.807) is 0 Å². The lowest BCUT2D eigenvalue weighted by Gasteiger charge is -2.08. The first-order valence-electron chi connectivity index (χ1n) is 5.34. The summed E-state index contributed by atoms with van der Waals surface area (Å²) in [5, 5.41) is 3.28. The Labute approximate surface area is 100 Å². The van der Waals surface area contributed by atoms with Crippen LogP contribution in [0.25, 0.3) is 0 Å². The minimum absolute atomic E-state index is 0.191. The monoisotopic (exact) mass is 241 g/mol. The molecule has 16 heavy (non-hydrogen) atoms. The normalized spacial score (nSPS) is 10.5. The van der Waals surface area contributed by atoms with E-state index in [1.165, 1.54) is 6.33 Å². The number of halogens is 1. The molecule has 0 atom stereocenters. The molecule has 0 aliphatic heterocycles. The summed E-state index contributed by atoms with van der Waals surface area (Å²) in [5.74, 6) is 1.19. The smallest absolute Gasteiger partial charge is 0.156 e. The average Bonchev–Trinajstić information content (AvgIpc) is 2.24. The highest BCUT2D eigenvalue weighted by Gasteiger charge is 2.07. The Morgan fingerprint density at radius 3 is 2.88 bits per heavy atom. The number of rotatable bonds is 6. The standard InChI is InChI=1S/C11H16ClN3O/c1-8(2)4-3-5-13-11-9(6-16)10(12)14-7-15-11/h6-8H,3-5H2,1-2H3,(H,13,14,15). The molecule has 0 saturated carbocycles. The molecule has 1 aromatic rings. The largest absolute Gasteiger partial charge is 0.369 e. The molecule has 88 valence electrons. The van der Waals surface area contributed by atoms with Crippen LogP contribution in [0.1, 0.15) is 37.0 Å². The molecule has 5 heteroatoms. The third-order valence-electron chi connectivity index (χ3n) is 2.20. The molecule has 4 nitrogen and oxygen atoms in total. The summed E-state index contributed by atoms with van der Waals surface area (Å²) in [6, 6.07) is 0. The Bertz CT molecular complexity index is 355. The summed E-state index contributed by atoms with van der Waals surface area (Å²) < 4.78 is 0. The maximum Gasteiger partial charge on any atom is 0.156 e. The molecule has 0 spiro atoms. The van der Waals surface area contributed by atoms with Gasteiger partial charge in [-0.05, 0) is 18.8 Å². The number of aromatic nitrogens is 2. The van der Waals surface area contributed by atoms with E-state index < -0.39 is 0 Å². The molecular weight excluding hydrogens is 226 g/mol. The van der Waals surface area contributed by atoms with Gasteiger partial charge in [-0.2, -0.15) is 0 Å². The highest BCUT2D eigenvalue weighted by atomic mass is 35.5. The molecule has 0 radical (unpaired) electrons. The van der Waals surface area contributed by atoms with Gasteiger partial charge in [0, 0.05) is 6.54 Å². The lowest BCUT2D eigenvalue weighted by atomic mass is 10.1. The SMILES string of the molecule is CC(C)CCCNc1ncnc(Cl)c1C=O. The summed E-state index contributed by atoms with van der Waals surface area (Å²) in [4.78, 5) is 18.5. The topological polar surface area (TPSA) is 54.9 Å². The summed E-state index contributed by atoms with van der Waals surface area (Å²) in [6.07, 6.45) is 4.20. The fraction of sp³-hybridized carbons (Fsp3) is 0.545. The zero-order valence-corrected chi connectivity index (χ0v) is 10.3. The van der Waals surface area contributed by atoms with Gasteiger partial charge in [-0.3, -0.25) is 4.79 Å². The summed E-state index contributed by atoms with van der Waals surface area (Å²) in [7, 11) is 0. The number of aldehydes is 1. The Morgan fingerprint density at radius 2 is 2.25 bits per heavy atom. The Hall–Kier alpha value is -1.16. The van der Waals surface area contributed by atoms with Crippen LogP contribution in [0.2, 0.25) is 5.15 Å². The van der Waals surface area contributed by atoms with Gasteiger partial charge in [0.2, 0.25) is 0 Å². The van der Waals surface area contributed by atoms with E-state index in [1.807, 2.05) is 0 Å². The van der Waals surface area contributed by atoms with Crippen molar-refractivity contribution >= 4 is 23.7 Å². The van der Waals surface area contributed by atoms with Gasteiger partial charge in [0.1, 0.15) is 17.3 Å². The Morgan fingerprint density at radius 1 is 1.50 bits per heavy atom. The first-order chi connectivity index (χ1) is 7.65. The first-order valence-corrected chi connectivity index (χ1v) is 5.72. The molecule has 0 aromatic carbocycles. The van der Waals surface area contributed by atoms with Crippen molar-refractivity contribution in [3.63, 3.8) is 0 Å². The van der Waals surface area contributed by atoms with Crippen LogP contribution in [-0.2, 0) is 0 Å². The van der Waals surface area contributed by atoms with Crippen LogP contribution in [0.5, 0.6) is 0 Å². The fourth-order valence-electron chi connectivity index (χ4n) is 1.34. The average molecular weight is 242 g/mol. The minimum Gasteiger partial charge on any atom is -0.369 e. The van der Waals surface area contributed by atoms with Crippen LogP contribution in [-0.4, -0.2) is 22.8 Å². The molecule has 0 aliphatic rings. The van der Waals surface area contributed by atoms with Crippen molar-refractivity contribution in [3.05, 3.63) is 17.0 Å². The molecule has 0 aliphatic carbocycles.